The zero-order valence-electron chi connectivity index (χ0n) is 10.9. The van der Waals surface area contributed by atoms with Gasteiger partial charge in [0.05, 0.1) is 11.1 Å². The summed E-state index contributed by atoms with van der Waals surface area (Å²) in [7, 11) is 0. The second-order valence-corrected chi connectivity index (χ2v) is 4.31. The third-order valence-corrected chi connectivity index (χ3v) is 2.56. The summed E-state index contributed by atoms with van der Waals surface area (Å²) >= 11 is 0. The minimum absolute atomic E-state index is 0.0601. The quantitative estimate of drug-likeness (QED) is 0.672. The number of nitro groups is 1. The molecule has 2 heterocycles. The highest BCUT2D eigenvalue weighted by Gasteiger charge is 2.19. The first kappa shape index (κ1) is 13.0. The van der Waals surface area contributed by atoms with Crippen LogP contribution in [0.25, 0.3) is 0 Å². The number of hydrogen-bond donors (Lipinski definition) is 1. The van der Waals surface area contributed by atoms with Crippen molar-refractivity contribution >= 4 is 11.5 Å². The topological polar surface area (TPSA) is 94.1 Å². The molecule has 0 saturated carbocycles. The van der Waals surface area contributed by atoms with Gasteiger partial charge in [-0.05, 0) is 26.3 Å². The third kappa shape index (κ3) is 2.87. The van der Waals surface area contributed by atoms with Crippen LogP contribution in [0.1, 0.15) is 30.2 Å². The van der Waals surface area contributed by atoms with Gasteiger partial charge in [-0.25, -0.2) is 9.97 Å². The summed E-state index contributed by atoms with van der Waals surface area (Å²) in [6, 6.07) is 1.17. The molecular weight excluding hydrogens is 248 g/mol. The Kier molecular flexibility index (Phi) is 3.46. The van der Waals surface area contributed by atoms with Gasteiger partial charge in [-0.1, -0.05) is 0 Å². The van der Waals surface area contributed by atoms with Crippen LogP contribution in [0.5, 0.6) is 0 Å². The zero-order valence-corrected chi connectivity index (χ0v) is 10.9. The summed E-state index contributed by atoms with van der Waals surface area (Å²) in [4.78, 5) is 18.6. The Morgan fingerprint density at radius 1 is 1.37 bits per heavy atom. The Morgan fingerprint density at radius 2 is 2.11 bits per heavy atom. The van der Waals surface area contributed by atoms with E-state index in [-0.39, 0.29) is 17.5 Å². The molecule has 1 atom stereocenters. The molecule has 2 aromatic heterocycles. The van der Waals surface area contributed by atoms with Gasteiger partial charge in [-0.2, -0.15) is 0 Å². The van der Waals surface area contributed by atoms with E-state index in [4.69, 9.17) is 4.42 Å². The second-order valence-electron chi connectivity index (χ2n) is 4.31. The molecule has 0 amide bonds. The molecule has 2 rings (SSSR count). The highest BCUT2D eigenvalue weighted by molar-refractivity contribution is 5.57. The lowest BCUT2D eigenvalue weighted by Crippen LogP contribution is -2.10. The monoisotopic (exact) mass is 262 g/mol. The van der Waals surface area contributed by atoms with Crippen LogP contribution in [0.3, 0.4) is 0 Å². The first-order valence-electron chi connectivity index (χ1n) is 5.77. The molecule has 0 radical (unpaired) electrons. The number of oxazole rings is 1. The van der Waals surface area contributed by atoms with Crippen molar-refractivity contribution in [2.45, 2.75) is 26.8 Å². The van der Waals surface area contributed by atoms with E-state index in [1.54, 1.807) is 33.2 Å². The first-order valence-corrected chi connectivity index (χ1v) is 5.77. The van der Waals surface area contributed by atoms with Crippen molar-refractivity contribution in [1.82, 2.24) is 9.97 Å². The van der Waals surface area contributed by atoms with Gasteiger partial charge in [0.15, 0.2) is 0 Å². The van der Waals surface area contributed by atoms with E-state index in [1.807, 2.05) is 0 Å². The van der Waals surface area contributed by atoms with Crippen molar-refractivity contribution in [3.05, 3.63) is 45.8 Å². The zero-order chi connectivity index (χ0) is 14.0. The van der Waals surface area contributed by atoms with Gasteiger partial charge in [-0.3, -0.25) is 10.1 Å². The highest BCUT2D eigenvalue weighted by atomic mass is 16.6. The molecule has 1 unspecified atom stereocenters. The number of hydrogen-bond acceptors (Lipinski definition) is 6. The molecule has 0 spiro atoms. The van der Waals surface area contributed by atoms with E-state index >= 15 is 0 Å². The van der Waals surface area contributed by atoms with E-state index in [9.17, 15) is 10.1 Å². The average Bonchev–Trinajstić information content (AvgIpc) is 2.78. The van der Waals surface area contributed by atoms with Crippen LogP contribution >= 0.6 is 0 Å². The smallest absolute Gasteiger partial charge is 0.311 e. The number of pyridine rings is 1. The SMILES string of the molecule is Cc1cnc(NC(C)c2ncc(C)o2)c([N+](=O)[O-])c1. The lowest BCUT2D eigenvalue weighted by Gasteiger charge is -2.11. The number of rotatable bonds is 4. The molecule has 0 fully saturated rings. The van der Waals surface area contributed by atoms with Gasteiger partial charge < -0.3 is 9.73 Å². The van der Waals surface area contributed by atoms with Crippen LogP contribution < -0.4 is 5.32 Å². The van der Waals surface area contributed by atoms with Crippen molar-refractivity contribution < 1.29 is 9.34 Å². The Balaban J connectivity index is 2.26. The minimum Gasteiger partial charge on any atom is -0.444 e. The summed E-state index contributed by atoms with van der Waals surface area (Å²) < 4.78 is 5.37. The fourth-order valence-corrected chi connectivity index (χ4v) is 1.64. The summed E-state index contributed by atoms with van der Waals surface area (Å²) in [5.74, 6) is 1.36. The molecule has 7 nitrogen and oxygen atoms in total. The maximum Gasteiger partial charge on any atom is 0.311 e. The van der Waals surface area contributed by atoms with E-state index in [0.717, 1.165) is 5.56 Å². The molecule has 1 N–H and O–H groups in total. The largest absolute Gasteiger partial charge is 0.444 e. The molecule has 100 valence electrons. The Hall–Kier alpha value is -2.44. The number of aryl methyl sites for hydroxylation is 2. The highest BCUT2D eigenvalue weighted by Crippen LogP contribution is 2.26. The molecule has 0 bridgehead atoms. The van der Waals surface area contributed by atoms with Crippen LogP contribution in [0.2, 0.25) is 0 Å². The summed E-state index contributed by atoms with van der Waals surface area (Å²) in [5.41, 5.74) is 0.673. The van der Waals surface area contributed by atoms with Gasteiger partial charge in [0.1, 0.15) is 11.8 Å². The summed E-state index contributed by atoms with van der Waals surface area (Å²) in [6.45, 7) is 5.34. The van der Waals surface area contributed by atoms with Crippen molar-refractivity contribution in [2.24, 2.45) is 0 Å². The maximum absolute atomic E-state index is 11.0. The van der Waals surface area contributed by atoms with E-state index in [0.29, 0.717) is 11.7 Å². The van der Waals surface area contributed by atoms with Crippen molar-refractivity contribution in [1.29, 1.82) is 0 Å². The Morgan fingerprint density at radius 3 is 2.68 bits per heavy atom. The van der Waals surface area contributed by atoms with Crippen LogP contribution in [0.15, 0.2) is 22.9 Å². The Bertz CT molecular complexity index is 609. The molecule has 0 aliphatic rings. The Labute approximate surface area is 109 Å². The standard InChI is InChI=1S/C12H14N4O3/c1-7-4-10(16(17)18)11(13-5-7)15-9(3)12-14-6-8(2)19-12/h4-6,9H,1-3H3,(H,13,15). The summed E-state index contributed by atoms with van der Waals surface area (Å²) in [6.07, 6.45) is 3.17. The number of aromatic nitrogens is 2. The third-order valence-electron chi connectivity index (χ3n) is 2.56. The predicted molar refractivity (Wildman–Crippen MR) is 68.9 cm³/mol. The number of anilines is 1. The molecule has 0 aliphatic heterocycles. The van der Waals surface area contributed by atoms with Crippen LogP contribution in [-0.4, -0.2) is 14.9 Å². The lowest BCUT2D eigenvalue weighted by molar-refractivity contribution is -0.384. The fraction of sp³-hybridized carbons (Fsp3) is 0.333. The molecule has 19 heavy (non-hydrogen) atoms. The molecule has 2 aromatic rings. The van der Waals surface area contributed by atoms with Crippen molar-refractivity contribution in [2.75, 3.05) is 5.32 Å². The lowest BCUT2D eigenvalue weighted by atomic mass is 10.2. The first-order chi connectivity index (χ1) is 8.97. The molecule has 0 aliphatic carbocycles. The number of nitrogens with one attached hydrogen (secondary N) is 1. The van der Waals surface area contributed by atoms with Crippen LogP contribution in [-0.2, 0) is 0 Å². The molecule has 0 aromatic carbocycles. The van der Waals surface area contributed by atoms with Gasteiger partial charge in [-0.15, -0.1) is 0 Å². The van der Waals surface area contributed by atoms with Gasteiger partial charge in [0.25, 0.3) is 0 Å². The van der Waals surface area contributed by atoms with E-state index in [1.165, 1.54) is 6.07 Å². The normalized spacial score (nSPS) is 12.2. The fourth-order valence-electron chi connectivity index (χ4n) is 1.64. The molecule has 7 heteroatoms. The van der Waals surface area contributed by atoms with E-state index in [2.05, 4.69) is 15.3 Å². The van der Waals surface area contributed by atoms with Crippen molar-refractivity contribution in [3.8, 4) is 0 Å². The van der Waals surface area contributed by atoms with Gasteiger partial charge in [0, 0.05) is 12.3 Å². The minimum atomic E-state index is -0.462. The van der Waals surface area contributed by atoms with E-state index < -0.39 is 4.92 Å². The molecular formula is C12H14N4O3. The summed E-state index contributed by atoms with van der Waals surface area (Å²) in [5, 5.41) is 13.9. The maximum atomic E-state index is 11.0. The second kappa shape index (κ2) is 5.05. The molecule has 0 saturated heterocycles. The van der Waals surface area contributed by atoms with Crippen LogP contribution in [0.4, 0.5) is 11.5 Å². The van der Waals surface area contributed by atoms with Gasteiger partial charge in [0.2, 0.25) is 11.7 Å². The average molecular weight is 262 g/mol. The predicted octanol–water partition coefficient (Wildman–Crippen LogP) is 2.77. The van der Waals surface area contributed by atoms with Gasteiger partial charge >= 0.3 is 5.69 Å². The van der Waals surface area contributed by atoms with Crippen LogP contribution in [0, 0.1) is 24.0 Å². The van der Waals surface area contributed by atoms with Crippen molar-refractivity contribution in [3.63, 3.8) is 0 Å². The number of nitrogens with zero attached hydrogens (tertiary/aromatic N) is 3.